The maximum Gasteiger partial charge on any atom is 0.338 e. The van der Waals surface area contributed by atoms with Gasteiger partial charge in [-0.25, -0.2) is 18.8 Å². The van der Waals surface area contributed by atoms with Crippen molar-refractivity contribution in [1.29, 1.82) is 0 Å². The molecule has 0 saturated carbocycles. The van der Waals surface area contributed by atoms with Crippen LogP contribution in [0.2, 0.25) is 0 Å². The molecule has 0 aliphatic carbocycles. The highest BCUT2D eigenvalue weighted by Gasteiger charge is 2.52. The van der Waals surface area contributed by atoms with E-state index in [4.69, 9.17) is 18.9 Å². The number of carbonyl (C=O) groups is 3. The summed E-state index contributed by atoms with van der Waals surface area (Å²) in [6.07, 6.45) is -8.09. The topological polar surface area (TPSA) is 108 Å². The zero-order valence-corrected chi connectivity index (χ0v) is 18.9. The lowest BCUT2D eigenvalue weighted by molar-refractivity contribution is -0.281. The molecule has 0 amide bonds. The first-order valence-corrected chi connectivity index (χ1v) is 11.2. The molecule has 186 valence electrons. The minimum Gasteiger partial charge on any atom is -0.452 e. The quantitative estimate of drug-likeness (QED) is 0.394. The number of halogens is 1. The molecule has 0 radical (unpaired) electrons. The molecule has 36 heavy (non-hydrogen) atoms. The number of alkyl halides is 1. The van der Waals surface area contributed by atoms with Crippen molar-refractivity contribution in [2.24, 2.45) is 0 Å². The van der Waals surface area contributed by atoms with Crippen LogP contribution in [0.5, 0.6) is 0 Å². The van der Waals surface area contributed by atoms with Gasteiger partial charge < -0.3 is 24.1 Å². The molecule has 0 aromatic heterocycles. The molecule has 1 aliphatic rings. The van der Waals surface area contributed by atoms with E-state index in [1.54, 1.807) is 54.6 Å². The van der Waals surface area contributed by atoms with Crippen molar-refractivity contribution in [3.05, 3.63) is 108 Å². The van der Waals surface area contributed by atoms with Gasteiger partial charge in [-0.3, -0.25) is 0 Å². The van der Waals surface area contributed by atoms with Gasteiger partial charge in [0.15, 0.2) is 24.6 Å². The van der Waals surface area contributed by atoms with Gasteiger partial charge in [0.05, 0.1) is 16.7 Å². The molecule has 8 nitrogen and oxygen atoms in total. The summed E-state index contributed by atoms with van der Waals surface area (Å²) in [4.78, 5) is 38.4. The summed E-state index contributed by atoms with van der Waals surface area (Å²) in [6, 6.07) is 23.7. The Morgan fingerprint density at radius 1 is 0.639 bits per heavy atom. The van der Waals surface area contributed by atoms with Gasteiger partial charge >= 0.3 is 17.9 Å². The lowest BCUT2D eigenvalue weighted by Crippen LogP contribution is -2.62. The zero-order chi connectivity index (χ0) is 25.5. The zero-order valence-electron chi connectivity index (χ0n) is 18.9. The summed E-state index contributed by atoms with van der Waals surface area (Å²) in [5.74, 6) is -2.54. The molecule has 5 atom stereocenters. The van der Waals surface area contributed by atoms with E-state index in [1.165, 1.54) is 36.4 Å². The lowest BCUT2D eigenvalue weighted by Gasteiger charge is -2.42. The molecule has 1 N–H and O–H groups in total. The fraction of sp³-hybridized carbons (Fsp3) is 0.222. The van der Waals surface area contributed by atoms with Crippen molar-refractivity contribution >= 4 is 17.9 Å². The number of carbonyl (C=O) groups excluding carboxylic acids is 3. The van der Waals surface area contributed by atoms with Gasteiger partial charge in [0.25, 0.3) is 0 Å². The molecule has 4 rings (SSSR count). The molecule has 1 fully saturated rings. The second-order valence-corrected chi connectivity index (χ2v) is 7.93. The Morgan fingerprint density at radius 3 is 1.39 bits per heavy atom. The minimum atomic E-state index is -1.86. The smallest absolute Gasteiger partial charge is 0.338 e. The van der Waals surface area contributed by atoms with Crippen LogP contribution in [-0.2, 0) is 18.9 Å². The second-order valence-electron chi connectivity index (χ2n) is 7.93. The number of rotatable bonds is 7. The Kier molecular flexibility index (Phi) is 8.04. The van der Waals surface area contributed by atoms with Gasteiger partial charge in [-0.05, 0) is 36.4 Å². The third-order valence-electron chi connectivity index (χ3n) is 5.52. The monoisotopic (exact) mass is 494 g/mol. The van der Waals surface area contributed by atoms with E-state index in [0.717, 1.165) is 0 Å². The van der Waals surface area contributed by atoms with Gasteiger partial charge in [0, 0.05) is 0 Å². The van der Waals surface area contributed by atoms with Gasteiger partial charge in [0.2, 0.25) is 0 Å². The van der Waals surface area contributed by atoms with Crippen molar-refractivity contribution in [3.8, 4) is 0 Å². The fourth-order valence-corrected chi connectivity index (χ4v) is 3.72. The van der Waals surface area contributed by atoms with Crippen molar-refractivity contribution < 1.29 is 42.8 Å². The van der Waals surface area contributed by atoms with Crippen molar-refractivity contribution in [2.45, 2.75) is 30.7 Å². The Labute approximate surface area is 206 Å². The summed E-state index contributed by atoms with van der Waals surface area (Å²) in [6.45, 7) is -1.18. The average molecular weight is 494 g/mol. The van der Waals surface area contributed by atoms with Crippen LogP contribution in [0.4, 0.5) is 4.39 Å². The molecule has 1 saturated heterocycles. The molecule has 0 bridgehead atoms. The number of ether oxygens (including phenoxy) is 4. The third-order valence-corrected chi connectivity index (χ3v) is 5.52. The molecule has 9 heteroatoms. The van der Waals surface area contributed by atoms with E-state index >= 15 is 0 Å². The van der Waals surface area contributed by atoms with Crippen LogP contribution in [0, 0.1) is 0 Å². The number of hydrogen-bond donors (Lipinski definition) is 1. The van der Waals surface area contributed by atoms with Gasteiger partial charge in [0.1, 0.15) is 12.8 Å². The Hall–Kier alpha value is -4.08. The van der Waals surface area contributed by atoms with E-state index in [9.17, 15) is 23.9 Å². The highest BCUT2D eigenvalue weighted by molar-refractivity contribution is 5.91. The fourth-order valence-electron chi connectivity index (χ4n) is 3.72. The van der Waals surface area contributed by atoms with E-state index in [0.29, 0.717) is 0 Å². The van der Waals surface area contributed by atoms with Crippen LogP contribution >= 0.6 is 0 Å². The second kappa shape index (κ2) is 11.6. The van der Waals surface area contributed by atoms with Crippen molar-refractivity contribution in [3.63, 3.8) is 0 Å². The summed E-state index contributed by atoms with van der Waals surface area (Å²) in [5.41, 5.74) is 0.465. The van der Waals surface area contributed by atoms with Crippen molar-refractivity contribution in [2.75, 3.05) is 6.67 Å². The standard InChI is InChI=1S/C27H23FO8/c28-16-20-21(34-24(29)17-10-4-1-5-11-17)22(35-25(30)18-12-6-2-7-13-18)23(27(32)33-20)36-26(31)19-14-8-3-9-15-19/h1-15,20-23,27,32H,16H2/t20-,21+,22+,23-,27+/m1/s1. The van der Waals surface area contributed by atoms with Gasteiger partial charge in [-0.2, -0.15) is 0 Å². The number of esters is 3. The van der Waals surface area contributed by atoms with E-state index in [1.807, 2.05) is 0 Å². The Bertz CT molecular complexity index is 1170. The van der Waals surface area contributed by atoms with Gasteiger partial charge in [-0.15, -0.1) is 0 Å². The molecule has 0 unspecified atom stereocenters. The highest BCUT2D eigenvalue weighted by atomic mass is 19.1. The predicted molar refractivity (Wildman–Crippen MR) is 124 cm³/mol. The van der Waals surface area contributed by atoms with Crippen LogP contribution in [0.3, 0.4) is 0 Å². The molecule has 3 aromatic carbocycles. The van der Waals surface area contributed by atoms with E-state index < -0.39 is 55.3 Å². The largest absolute Gasteiger partial charge is 0.452 e. The first-order chi connectivity index (χ1) is 17.5. The Morgan fingerprint density at radius 2 is 1.00 bits per heavy atom. The first-order valence-electron chi connectivity index (χ1n) is 11.2. The van der Waals surface area contributed by atoms with E-state index in [-0.39, 0.29) is 16.7 Å². The van der Waals surface area contributed by atoms with Crippen molar-refractivity contribution in [1.82, 2.24) is 0 Å². The minimum absolute atomic E-state index is 0.150. The average Bonchev–Trinajstić information content (AvgIpc) is 2.93. The molecule has 0 spiro atoms. The molecular formula is C27H23FO8. The molecule has 3 aromatic rings. The molecule has 1 aliphatic heterocycles. The number of benzene rings is 3. The third kappa shape index (κ3) is 5.76. The van der Waals surface area contributed by atoms with Crippen LogP contribution in [-0.4, -0.2) is 60.4 Å². The van der Waals surface area contributed by atoms with Crippen LogP contribution < -0.4 is 0 Å². The number of aliphatic hydroxyl groups excluding tert-OH is 1. The van der Waals surface area contributed by atoms with E-state index in [2.05, 4.69) is 0 Å². The van der Waals surface area contributed by atoms with Crippen LogP contribution in [0.1, 0.15) is 31.1 Å². The first kappa shape index (κ1) is 25.0. The predicted octanol–water partition coefficient (Wildman–Crippen LogP) is 3.35. The SMILES string of the molecule is O=C(O[C@@H]1[C@@H](OC(=O)c2ccccc2)[C@@H](O)O[C@H](CF)[C@@H]1OC(=O)c1ccccc1)c1ccccc1. The van der Waals surface area contributed by atoms with Crippen LogP contribution in [0.15, 0.2) is 91.0 Å². The Balaban J connectivity index is 1.66. The van der Waals surface area contributed by atoms with Gasteiger partial charge in [-0.1, -0.05) is 54.6 Å². The van der Waals surface area contributed by atoms with Crippen LogP contribution in [0.25, 0.3) is 0 Å². The summed E-state index contributed by atoms with van der Waals surface area (Å²) in [7, 11) is 0. The summed E-state index contributed by atoms with van der Waals surface area (Å²) >= 11 is 0. The number of hydrogen-bond acceptors (Lipinski definition) is 8. The normalized spacial score (nSPS) is 23.3. The molecular weight excluding hydrogens is 471 g/mol. The summed E-state index contributed by atoms with van der Waals surface area (Å²) < 4.78 is 35.8. The summed E-state index contributed by atoms with van der Waals surface area (Å²) in [5, 5.41) is 10.6. The highest BCUT2D eigenvalue weighted by Crippen LogP contribution is 2.30. The lowest BCUT2D eigenvalue weighted by atomic mass is 9.98. The maximum atomic E-state index is 14.0. The molecule has 1 heterocycles. The number of aliphatic hydroxyl groups is 1. The maximum absolute atomic E-state index is 14.0.